The van der Waals surface area contributed by atoms with Gasteiger partial charge in [-0.25, -0.2) is 22.2 Å². The van der Waals surface area contributed by atoms with Crippen LogP contribution in [-0.2, 0) is 9.53 Å². The number of morpholine rings is 1. The highest BCUT2D eigenvalue weighted by molar-refractivity contribution is 6.32. The highest BCUT2D eigenvalue weighted by atomic mass is 35.5. The first-order chi connectivity index (χ1) is 11.8. The molecule has 0 spiro atoms. The van der Waals surface area contributed by atoms with E-state index in [9.17, 15) is 22.4 Å². The summed E-state index contributed by atoms with van der Waals surface area (Å²) in [5.41, 5.74) is -1.84. The predicted octanol–water partition coefficient (Wildman–Crippen LogP) is 2.42. The van der Waals surface area contributed by atoms with Crippen LogP contribution in [-0.4, -0.2) is 60.0 Å². The number of hydrogen-bond donors (Lipinski definition) is 1. The van der Waals surface area contributed by atoms with Crippen LogP contribution in [0.1, 0.15) is 37.2 Å². The van der Waals surface area contributed by atoms with Crippen LogP contribution in [0.2, 0.25) is 5.02 Å². The zero-order chi connectivity index (χ0) is 18.6. The summed E-state index contributed by atoms with van der Waals surface area (Å²) in [5, 5.41) is 5.20. The zero-order valence-electron chi connectivity index (χ0n) is 13.5. The fourth-order valence-corrected chi connectivity index (χ4v) is 2.79. The zero-order valence-corrected chi connectivity index (χ0v) is 14.3. The quantitative estimate of drug-likeness (QED) is 0.731. The Hall–Kier alpha value is -1.39. The summed E-state index contributed by atoms with van der Waals surface area (Å²) in [4.78, 5) is 14.2. The normalized spacial score (nSPS) is 17.3. The van der Waals surface area contributed by atoms with Crippen molar-refractivity contribution in [1.29, 1.82) is 0 Å². The summed E-state index contributed by atoms with van der Waals surface area (Å²) in [5.74, 6) is -0.602. The molecule has 6 nitrogen and oxygen atoms in total. The average Bonchev–Trinajstić information content (AvgIpc) is 2.92. The Bertz CT molecular complexity index is 594. The van der Waals surface area contributed by atoms with Gasteiger partial charge in [-0.2, -0.15) is 5.10 Å². The largest absolute Gasteiger partial charge is 0.379 e. The summed E-state index contributed by atoms with van der Waals surface area (Å²) >= 11 is 5.58. The predicted molar refractivity (Wildman–Crippen MR) is 82.1 cm³/mol. The van der Waals surface area contributed by atoms with E-state index in [-0.39, 0.29) is 0 Å². The van der Waals surface area contributed by atoms with E-state index < -0.39 is 41.2 Å². The topological polar surface area (TPSA) is 59.4 Å². The molecular weight excluding hydrogens is 368 g/mol. The monoisotopic (exact) mass is 386 g/mol. The second kappa shape index (κ2) is 8.81. The van der Waals surface area contributed by atoms with Crippen molar-refractivity contribution in [2.75, 3.05) is 39.4 Å². The standard InChI is InChI=1S/C14H19ClF4N4O2/c1-8(14(24)20-2-3-22-4-6-25-7-5-22)23-11(13(18)19)9(15)10(21-23)12(16)17/h8,12-13H,2-7H2,1H3,(H,20,24). The molecule has 0 aromatic carbocycles. The molecule has 1 unspecified atom stereocenters. The summed E-state index contributed by atoms with van der Waals surface area (Å²) < 4.78 is 57.7. The van der Waals surface area contributed by atoms with Gasteiger partial charge in [-0.05, 0) is 6.92 Å². The molecule has 0 bridgehead atoms. The number of aromatic nitrogens is 2. The highest BCUT2D eigenvalue weighted by Gasteiger charge is 2.31. The van der Waals surface area contributed by atoms with E-state index in [2.05, 4.69) is 15.3 Å². The van der Waals surface area contributed by atoms with Crippen LogP contribution < -0.4 is 5.32 Å². The lowest BCUT2D eigenvalue weighted by Crippen LogP contribution is -2.42. The molecule has 11 heteroatoms. The second-order valence-electron chi connectivity index (χ2n) is 5.55. The van der Waals surface area contributed by atoms with Crippen LogP contribution in [0.4, 0.5) is 17.6 Å². The highest BCUT2D eigenvalue weighted by Crippen LogP contribution is 2.36. The van der Waals surface area contributed by atoms with Gasteiger partial charge in [0.25, 0.3) is 12.9 Å². The maximum absolute atomic E-state index is 13.1. The molecule has 2 rings (SSSR count). The van der Waals surface area contributed by atoms with Gasteiger partial charge < -0.3 is 10.1 Å². The smallest absolute Gasteiger partial charge is 0.283 e. The minimum atomic E-state index is -3.13. The van der Waals surface area contributed by atoms with Crippen LogP contribution in [0.25, 0.3) is 0 Å². The van der Waals surface area contributed by atoms with E-state index in [4.69, 9.17) is 16.3 Å². The minimum absolute atomic E-state index is 0.296. The van der Waals surface area contributed by atoms with Crippen molar-refractivity contribution < 1.29 is 27.1 Å². The van der Waals surface area contributed by atoms with Crippen molar-refractivity contribution in [2.45, 2.75) is 25.8 Å². The molecule has 1 N–H and O–H groups in total. The first-order valence-corrected chi connectivity index (χ1v) is 8.12. The van der Waals surface area contributed by atoms with Crippen molar-refractivity contribution in [2.24, 2.45) is 0 Å². The molecule has 0 aliphatic carbocycles. The van der Waals surface area contributed by atoms with Crippen LogP contribution >= 0.6 is 11.6 Å². The number of alkyl halides is 4. The van der Waals surface area contributed by atoms with Crippen LogP contribution in [0, 0.1) is 0 Å². The molecule has 0 radical (unpaired) electrons. The number of ether oxygens (including phenoxy) is 1. The van der Waals surface area contributed by atoms with Crippen molar-refractivity contribution in [1.82, 2.24) is 20.0 Å². The molecule has 1 aromatic heterocycles. The van der Waals surface area contributed by atoms with Gasteiger partial charge in [0.1, 0.15) is 17.4 Å². The van der Waals surface area contributed by atoms with Gasteiger partial charge in [0.15, 0.2) is 0 Å². The summed E-state index contributed by atoms with van der Waals surface area (Å²) in [7, 11) is 0. The number of carbonyl (C=O) groups is 1. The molecule has 1 aromatic rings. The fourth-order valence-electron chi connectivity index (χ4n) is 2.50. The second-order valence-corrected chi connectivity index (χ2v) is 5.93. The molecule has 0 saturated carbocycles. The Kier molecular flexibility index (Phi) is 7.03. The molecule has 1 saturated heterocycles. The number of nitrogens with zero attached hydrogens (tertiary/aromatic N) is 3. The molecule has 1 fully saturated rings. The third-order valence-electron chi connectivity index (χ3n) is 3.90. The Morgan fingerprint density at radius 2 is 1.92 bits per heavy atom. The summed E-state index contributed by atoms with van der Waals surface area (Å²) in [6.45, 7) is 4.89. The Morgan fingerprint density at radius 3 is 2.48 bits per heavy atom. The van der Waals surface area contributed by atoms with Gasteiger partial charge in [0, 0.05) is 26.2 Å². The van der Waals surface area contributed by atoms with E-state index in [1.807, 2.05) is 0 Å². The molecule has 1 amide bonds. The van der Waals surface area contributed by atoms with Crippen LogP contribution in [0.15, 0.2) is 0 Å². The van der Waals surface area contributed by atoms with Crippen molar-refractivity contribution in [3.63, 3.8) is 0 Å². The number of rotatable bonds is 7. The molecule has 2 heterocycles. The van der Waals surface area contributed by atoms with E-state index in [0.717, 1.165) is 13.1 Å². The molecular formula is C14H19ClF4N4O2. The van der Waals surface area contributed by atoms with Gasteiger partial charge in [-0.15, -0.1) is 0 Å². The Balaban J connectivity index is 2.01. The van der Waals surface area contributed by atoms with Gasteiger partial charge in [-0.1, -0.05) is 11.6 Å². The van der Waals surface area contributed by atoms with Gasteiger partial charge >= 0.3 is 0 Å². The lowest BCUT2D eigenvalue weighted by Gasteiger charge is -2.26. The number of halogens is 5. The SMILES string of the molecule is CC(C(=O)NCCN1CCOCC1)n1nc(C(F)F)c(Cl)c1C(F)F. The van der Waals surface area contributed by atoms with Crippen molar-refractivity contribution in [3.05, 3.63) is 16.4 Å². The van der Waals surface area contributed by atoms with E-state index in [0.29, 0.717) is 31.0 Å². The maximum atomic E-state index is 13.1. The van der Waals surface area contributed by atoms with Gasteiger partial charge in [-0.3, -0.25) is 9.69 Å². The third kappa shape index (κ3) is 4.83. The van der Waals surface area contributed by atoms with Crippen LogP contribution in [0.3, 0.4) is 0 Å². The van der Waals surface area contributed by atoms with E-state index in [1.165, 1.54) is 6.92 Å². The van der Waals surface area contributed by atoms with Gasteiger partial charge in [0.2, 0.25) is 5.91 Å². The lowest BCUT2D eigenvalue weighted by molar-refractivity contribution is -0.124. The number of nitrogens with one attached hydrogen (secondary N) is 1. The minimum Gasteiger partial charge on any atom is -0.379 e. The Labute approximate surface area is 147 Å². The fraction of sp³-hybridized carbons (Fsp3) is 0.714. The number of carbonyl (C=O) groups excluding carboxylic acids is 1. The van der Waals surface area contributed by atoms with Crippen LogP contribution in [0.5, 0.6) is 0 Å². The first-order valence-electron chi connectivity index (χ1n) is 7.74. The first kappa shape index (κ1) is 19.9. The summed E-state index contributed by atoms with van der Waals surface area (Å²) in [6, 6.07) is -1.20. The third-order valence-corrected chi connectivity index (χ3v) is 4.29. The van der Waals surface area contributed by atoms with Crippen molar-refractivity contribution in [3.8, 4) is 0 Å². The lowest BCUT2D eigenvalue weighted by atomic mass is 10.3. The number of amides is 1. The maximum Gasteiger partial charge on any atom is 0.283 e. The van der Waals surface area contributed by atoms with E-state index in [1.54, 1.807) is 0 Å². The molecule has 25 heavy (non-hydrogen) atoms. The van der Waals surface area contributed by atoms with Crippen molar-refractivity contribution >= 4 is 17.5 Å². The number of hydrogen-bond acceptors (Lipinski definition) is 4. The molecule has 1 aliphatic rings. The molecule has 1 aliphatic heterocycles. The molecule has 142 valence electrons. The molecule has 1 atom stereocenters. The van der Waals surface area contributed by atoms with Gasteiger partial charge in [0.05, 0.1) is 18.2 Å². The summed E-state index contributed by atoms with van der Waals surface area (Å²) in [6.07, 6.45) is -6.24. The van der Waals surface area contributed by atoms with E-state index >= 15 is 0 Å². The Morgan fingerprint density at radius 1 is 1.28 bits per heavy atom. The average molecular weight is 387 g/mol.